The van der Waals surface area contributed by atoms with Gasteiger partial charge in [0.1, 0.15) is 6.54 Å². The number of imide groups is 1. The first kappa shape index (κ1) is 24.7. The Morgan fingerprint density at radius 3 is 2.34 bits per heavy atom. The van der Waals surface area contributed by atoms with Gasteiger partial charge >= 0.3 is 5.97 Å². The largest absolute Gasteiger partial charge is 0.478 e. The number of carboxylic acid groups (broad SMARTS) is 1. The molecular weight excluding hydrogens is 581 g/mol. The van der Waals surface area contributed by atoms with Crippen LogP contribution in [-0.2, 0) is 9.59 Å². The van der Waals surface area contributed by atoms with Gasteiger partial charge in [0, 0.05) is 26.3 Å². The van der Waals surface area contributed by atoms with E-state index in [2.05, 4.69) is 27.9 Å². The number of carboxylic acids is 1. The second kappa shape index (κ2) is 10.1. The lowest BCUT2D eigenvalue weighted by Crippen LogP contribution is -2.36. The lowest BCUT2D eigenvalue weighted by molar-refractivity contribution is -0.127. The number of halogens is 1. The zero-order valence-corrected chi connectivity index (χ0v) is 21.7. The quantitative estimate of drug-likeness (QED) is 0.302. The van der Waals surface area contributed by atoms with Crippen LogP contribution in [0.25, 0.3) is 11.8 Å². The highest BCUT2D eigenvalue weighted by Crippen LogP contribution is 2.33. The Kier molecular flexibility index (Phi) is 7.13. The van der Waals surface area contributed by atoms with Crippen molar-refractivity contribution in [1.82, 2.24) is 9.47 Å². The number of thioether (sulfide) groups is 1. The van der Waals surface area contributed by atoms with E-state index in [1.54, 1.807) is 30.3 Å². The number of carbonyl (C=O) groups excluding carboxylic acids is 3. The average molecular weight is 601 g/mol. The van der Waals surface area contributed by atoms with Crippen molar-refractivity contribution in [3.8, 4) is 5.69 Å². The molecule has 0 spiro atoms. The van der Waals surface area contributed by atoms with Crippen LogP contribution in [0.1, 0.15) is 27.3 Å². The third kappa shape index (κ3) is 5.33. The second-order valence-corrected chi connectivity index (χ2v) is 10.1. The number of aromatic carboxylic acids is 1. The molecule has 2 heterocycles. The van der Waals surface area contributed by atoms with E-state index in [9.17, 15) is 19.2 Å². The summed E-state index contributed by atoms with van der Waals surface area (Å²) in [6.07, 6.45) is 1.65. The van der Waals surface area contributed by atoms with Gasteiger partial charge in [0.05, 0.1) is 10.5 Å². The first-order valence-corrected chi connectivity index (χ1v) is 12.4. The number of nitrogens with zero attached hydrogens (tertiary/aromatic N) is 2. The summed E-state index contributed by atoms with van der Waals surface area (Å²) in [6, 6.07) is 15.6. The van der Waals surface area contributed by atoms with E-state index < -0.39 is 23.0 Å². The molecule has 35 heavy (non-hydrogen) atoms. The predicted molar refractivity (Wildman–Crippen MR) is 143 cm³/mol. The van der Waals surface area contributed by atoms with Crippen LogP contribution >= 0.6 is 34.4 Å². The fraction of sp³-hybridized carbons (Fsp3) is 0.120. The van der Waals surface area contributed by atoms with Crippen molar-refractivity contribution in [1.29, 1.82) is 0 Å². The summed E-state index contributed by atoms with van der Waals surface area (Å²) in [6.45, 7) is 3.40. The van der Waals surface area contributed by atoms with Crippen LogP contribution in [0.2, 0.25) is 0 Å². The number of rotatable bonds is 6. The third-order valence-corrected chi connectivity index (χ3v) is 7.06. The molecule has 0 aliphatic carbocycles. The SMILES string of the molecule is Cc1cc(/C=C2/SC(=O)N(CC(=O)Nc3ccc(I)cc3)C2=O)c(C)n1-c1ccc(C(=O)O)cc1. The van der Waals surface area contributed by atoms with E-state index in [4.69, 9.17) is 5.11 Å². The van der Waals surface area contributed by atoms with Crippen molar-refractivity contribution >= 4 is 69.1 Å². The van der Waals surface area contributed by atoms with Gasteiger partial charge in [-0.25, -0.2) is 4.79 Å². The summed E-state index contributed by atoms with van der Waals surface area (Å²) in [4.78, 5) is 50.1. The Morgan fingerprint density at radius 2 is 1.71 bits per heavy atom. The van der Waals surface area contributed by atoms with E-state index in [-0.39, 0.29) is 17.0 Å². The molecule has 1 fully saturated rings. The van der Waals surface area contributed by atoms with Crippen LogP contribution < -0.4 is 5.32 Å². The first-order valence-electron chi connectivity index (χ1n) is 10.5. The number of aryl methyl sites for hydroxylation is 1. The molecule has 0 unspecified atom stereocenters. The van der Waals surface area contributed by atoms with Gasteiger partial charge in [-0.3, -0.25) is 19.3 Å². The van der Waals surface area contributed by atoms with Crippen LogP contribution in [0.3, 0.4) is 0 Å². The van der Waals surface area contributed by atoms with Gasteiger partial charge in [0.2, 0.25) is 5.91 Å². The van der Waals surface area contributed by atoms with Gasteiger partial charge in [0.25, 0.3) is 11.1 Å². The third-order valence-electron chi connectivity index (χ3n) is 5.43. The fourth-order valence-electron chi connectivity index (χ4n) is 3.74. The summed E-state index contributed by atoms with van der Waals surface area (Å²) < 4.78 is 2.96. The smallest absolute Gasteiger partial charge is 0.335 e. The maximum absolute atomic E-state index is 12.9. The van der Waals surface area contributed by atoms with Crippen LogP contribution in [0.5, 0.6) is 0 Å². The Bertz CT molecular complexity index is 1380. The Hall–Kier alpha value is -3.38. The number of benzene rings is 2. The molecule has 3 amide bonds. The van der Waals surface area contributed by atoms with Gasteiger partial charge < -0.3 is 15.0 Å². The van der Waals surface area contributed by atoms with Crippen molar-refractivity contribution in [3.63, 3.8) is 0 Å². The lowest BCUT2D eigenvalue weighted by atomic mass is 10.2. The molecule has 10 heteroatoms. The van der Waals surface area contributed by atoms with Gasteiger partial charge in [-0.2, -0.15) is 0 Å². The number of nitrogens with one attached hydrogen (secondary N) is 1. The lowest BCUT2D eigenvalue weighted by Gasteiger charge is -2.12. The van der Waals surface area contributed by atoms with Crippen molar-refractivity contribution in [3.05, 3.63) is 85.6 Å². The molecule has 8 nitrogen and oxygen atoms in total. The van der Waals surface area contributed by atoms with E-state index in [0.717, 1.165) is 42.9 Å². The minimum Gasteiger partial charge on any atom is -0.478 e. The average Bonchev–Trinajstić information content (AvgIpc) is 3.24. The Labute approximate surface area is 219 Å². The number of amides is 3. The molecule has 2 aromatic carbocycles. The summed E-state index contributed by atoms with van der Waals surface area (Å²) in [7, 11) is 0. The molecule has 0 bridgehead atoms. The minimum absolute atomic E-state index is 0.191. The number of anilines is 1. The molecule has 0 radical (unpaired) electrons. The summed E-state index contributed by atoms with van der Waals surface area (Å²) >= 11 is 2.95. The molecule has 0 atom stereocenters. The molecular formula is C25H20IN3O5S. The first-order chi connectivity index (χ1) is 16.6. The minimum atomic E-state index is -0.999. The van der Waals surface area contributed by atoms with Gasteiger partial charge in [-0.05, 0) is 114 Å². The number of hydrogen-bond donors (Lipinski definition) is 2. The molecule has 0 saturated carbocycles. The molecule has 1 aliphatic rings. The normalized spacial score (nSPS) is 14.6. The molecule has 2 N–H and O–H groups in total. The van der Waals surface area contributed by atoms with Crippen LogP contribution in [-0.4, -0.2) is 44.1 Å². The van der Waals surface area contributed by atoms with Crippen molar-refractivity contribution in [2.24, 2.45) is 0 Å². The van der Waals surface area contributed by atoms with Gasteiger partial charge in [0.15, 0.2) is 0 Å². The maximum atomic E-state index is 12.9. The topological polar surface area (TPSA) is 109 Å². The highest BCUT2D eigenvalue weighted by Gasteiger charge is 2.36. The van der Waals surface area contributed by atoms with Crippen molar-refractivity contribution in [2.45, 2.75) is 13.8 Å². The van der Waals surface area contributed by atoms with Crippen molar-refractivity contribution < 1.29 is 24.3 Å². The van der Waals surface area contributed by atoms with E-state index in [1.807, 2.05) is 36.6 Å². The summed E-state index contributed by atoms with van der Waals surface area (Å²) in [5, 5.41) is 11.3. The van der Waals surface area contributed by atoms with E-state index >= 15 is 0 Å². The van der Waals surface area contributed by atoms with Crippen molar-refractivity contribution in [2.75, 3.05) is 11.9 Å². The number of carbonyl (C=O) groups is 4. The summed E-state index contributed by atoms with van der Waals surface area (Å²) in [5.41, 5.74) is 4.02. The highest BCUT2D eigenvalue weighted by molar-refractivity contribution is 14.1. The number of hydrogen-bond acceptors (Lipinski definition) is 5. The predicted octanol–water partition coefficient (Wildman–Crippen LogP) is 5.07. The van der Waals surface area contributed by atoms with Crippen LogP contribution in [0.4, 0.5) is 10.5 Å². The molecule has 3 aromatic rings. The molecule has 1 saturated heterocycles. The van der Waals surface area contributed by atoms with Crippen LogP contribution in [0.15, 0.2) is 59.5 Å². The monoisotopic (exact) mass is 601 g/mol. The zero-order valence-electron chi connectivity index (χ0n) is 18.7. The zero-order chi connectivity index (χ0) is 25.3. The summed E-state index contributed by atoms with van der Waals surface area (Å²) in [5.74, 6) is -1.98. The van der Waals surface area contributed by atoms with Crippen LogP contribution in [0, 0.1) is 17.4 Å². The molecule has 178 valence electrons. The van der Waals surface area contributed by atoms with E-state index in [1.165, 1.54) is 12.1 Å². The Balaban J connectivity index is 1.52. The van der Waals surface area contributed by atoms with Gasteiger partial charge in [-0.1, -0.05) is 0 Å². The molecule has 1 aromatic heterocycles. The van der Waals surface area contributed by atoms with Gasteiger partial charge in [-0.15, -0.1) is 0 Å². The standard InChI is InChI=1S/C25H20IN3O5S/c1-14-11-17(15(2)29(14)20-9-3-16(4-10-20)24(32)33)12-21-23(31)28(25(34)35-21)13-22(30)27-19-7-5-18(26)6-8-19/h3-12H,13H2,1-2H3,(H,27,30)(H,32,33)/b21-12+. The Morgan fingerprint density at radius 1 is 1.06 bits per heavy atom. The fourth-order valence-corrected chi connectivity index (χ4v) is 4.93. The number of aromatic nitrogens is 1. The highest BCUT2D eigenvalue weighted by atomic mass is 127. The van der Waals surface area contributed by atoms with E-state index in [0.29, 0.717) is 5.69 Å². The maximum Gasteiger partial charge on any atom is 0.335 e. The second-order valence-electron chi connectivity index (χ2n) is 7.84. The molecule has 4 rings (SSSR count). The molecule has 1 aliphatic heterocycles.